The Morgan fingerprint density at radius 1 is 1.24 bits per heavy atom. The quantitative estimate of drug-likeness (QED) is 0.673. The van der Waals surface area contributed by atoms with Crippen LogP contribution in [0.25, 0.3) is 0 Å². The number of furan rings is 1. The molecule has 0 spiro atoms. The first-order valence-electron chi connectivity index (χ1n) is 6.25. The van der Waals surface area contributed by atoms with E-state index in [9.17, 15) is 0 Å². The highest BCUT2D eigenvalue weighted by Crippen LogP contribution is 2.20. The normalized spacial score (nSPS) is 10.4. The minimum absolute atomic E-state index is 0.510. The fraction of sp³-hybridized carbons (Fsp3) is 0.143. The average molecular weight is 297 g/mol. The van der Waals surface area contributed by atoms with Crippen molar-refractivity contribution in [2.75, 3.05) is 0 Å². The summed E-state index contributed by atoms with van der Waals surface area (Å²) < 4.78 is 7.00. The zero-order valence-corrected chi connectivity index (χ0v) is 11.8. The number of benzene rings is 1. The van der Waals surface area contributed by atoms with Crippen LogP contribution in [-0.2, 0) is 12.3 Å². The standard InChI is InChI=1S/C14H11N5OS/c15-8-11-3-5-12(6-4-11)10-21-14-16-17-18-19(14)9-13-2-1-7-20-13/h1-7H,9-10H2. The molecule has 0 aliphatic rings. The Bertz CT molecular complexity index is 743. The third-order valence-electron chi connectivity index (χ3n) is 2.84. The second-order valence-corrected chi connectivity index (χ2v) is 5.24. The second-order valence-electron chi connectivity index (χ2n) is 4.30. The van der Waals surface area contributed by atoms with Gasteiger partial charge in [-0.25, -0.2) is 4.68 Å². The maximum atomic E-state index is 8.77. The van der Waals surface area contributed by atoms with Crippen LogP contribution in [0, 0.1) is 11.3 Å². The zero-order valence-electron chi connectivity index (χ0n) is 11.0. The predicted octanol–water partition coefficient (Wildman–Crippen LogP) is 2.48. The molecule has 7 heteroatoms. The Balaban J connectivity index is 1.65. The van der Waals surface area contributed by atoms with Crippen molar-refractivity contribution in [2.45, 2.75) is 17.5 Å². The number of nitrogens with zero attached hydrogens (tertiary/aromatic N) is 5. The highest BCUT2D eigenvalue weighted by Gasteiger charge is 2.09. The minimum Gasteiger partial charge on any atom is -0.467 e. The highest BCUT2D eigenvalue weighted by molar-refractivity contribution is 7.98. The van der Waals surface area contributed by atoms with E-state index in [-0.39, 0.29) is 0 Å². The second kappa shape index (κ2) is 6.24. The van der Waals surface area contributed by atoms with Crippen LogP contribution in [-0.4, -0.2) is 20.2 Å². The lowest BCUT2D eigenvalue weighted by atomic mass is 10.2. The minimum atomic E-state index is 0.510. The van der Waals surface area contributed by atoms with Gasteiger partial charge in [0.15, 0.2) is 0 Å². The SMILES string of the molecule is N#Cc1ccc(CSc2nnnn2Cc2ccco2)cc1. The van der Waals surface area contributed by atoms with E-state index in [0.717, 1.165) is 22.2 Å². The largest absolute Gasteiger partial charge is 0.467 e. The molecule has 0 radical (unpaired) electrons. The van der Waals surface area contributed by atoms with Gasteiger partial charge < -0.3 is 4.42 Å². The van der Waals surface area contributed by atoms with E-state index in [1.54, 1.807) is 22.7 Å². The monoisotopic (exact) mass is 297 g/mol. The molecular weight excluding hydrogens is 286 g/mol. The maximum Gasteiger partial charge on any atom is 0.210 e. The van der Waals surface area contributed by atoms with Crippen LogP contribution < -0.4 is 0 Å². The number of hydrogen-bond acceptors (Lipinski definition) is 6. The molecular formula is C14H11N5OS. The van der Waals surface area contributed by atoms with Crippen molar-refractivity contribution in [2.24, 2.45) is 0 Å². The first-order chi connectivity index (χ1) is 10.3. The molecule has 0 fully saturated rings. The molecule has 21 heavy (non-hydrogen) atoms. The smallest absolute Gasteiger partial charge is 0.210 e. The molecule has 0 saturated carbocycles. The summed E-state index contributed by atoms with van der Waals surface area (Å²) in [6.45, 7) is 0.510. The Kier molecular flexibility index (Phi) is 3.98. The number of tetrazole rings is 1. The molecule has 0 atom stereocenters. The highest BCUT2D eigenvalue weighted by atomic mass is 32.2. The summed E-state index contributed by atoms with van der Waals surface area (Å²) in [6, 6.07) is 13.3. The lowest BCUT2D eigenvalue weighted by Crippen LogP contribution is -2.03. The van der Waals surface area contributed by atoms with Crippen LogP contribution in [0.15, 0.2) is 52.2 Å². The maximum absolute atomic E-state index is 8.77. The molecule has 0 bridgehead atoms. The van der Waals surface area contributed by atoms with E-state index in [1.807, 2.05) is 36.4 Å². The van der Waals surface area contributed by atoms with Gasteiger partial charge in [-0.2, -0.15) is 5.26 Å². The summed E-state index contributed by atoms with van der Waals surface area (Å²) in [5, 5.41) is 21.2. The van der Waals surface area contributed by atoms with Crippen molar-refractivity contribution in [1.29, 1.82) is 5.26 Å². The number of hydrogen-bond donors (Lipinski definition) is 0. The number of thioether (sulfide) groups is 1. The van der Waals surface area contributed by atoms with Crippen LogP contribution in [0.4, 0.5) is 0 Å². The van der Waals surface area contributed by atoms with E-state index in [1.165, 1.54) is 0 Å². The Hall–Kier alpha value is -2.59. The van der Waals surface area contributed by atoms with E-state index >= 15 is 0 Å². The van der Waals surface area contributed by atoms with Gasteiger partial charge >= 0.3 is 0 Å². The number of nitriles is 1. The summed E-state index contributed by atoms with van der Waals surface area (Å²) in [4.78, 5) is 0. The molecule has 0 saturated heterocycles. The molecule has 0 unspecified atom stereocenters. The van der Waals surface area contributed by atoms with Crippen molar-refractivity contribution < 1.29 is 4.42 Å². The van der Waals surface area contributed by atoms with Crippen LogP contribution in [0.1, 0.15) is 16.9 Å². The third-order valence-corrected chi connectivity index (χ3v) is 3.86. The molecule has 0 aliphatic carbocycles. The van der Waals surface area contributed by atoms with Crippen LogP contribution in [0.5, 0.6) is 0 Å². The predicted molar refractivity (Wildman–Crippen MR) is 76.3 cm³/mol. The molecule has 1 aromatic carbocycles. The lowest BCUT2D eigenvalue weighted by Gasteiger charge is -2.03. The summed E-state index contributed by atoms with van der Waals surface area (Å²) in [5.74, 6) is 1.55. The van der Waals surface area contributed by atoms with Gasteiger partial charge in [0.05, 0.1) is 17.9 Å². The first-order valence-corrected chi connectivity index (χ1v) is 7.24. The molecule has 104 valence electrons. The van der Waals surface area contributed by atoms with Crippen molar-refractivity contribution in [3.05, 3.63) is 59.5 Å². The van der Waals surface area contributed by atoms with Gasteiger partial charge in [0.1, 0.15) is 12.3 Å². The first kappa shape index (κ1) is 13.4. The average Bonchev–Trinajstić information content (AvgIpc) is 3.18. The summed E-state index contributed by atoms with van der Waals surface area (Å²) in [5.41, 5.74) is 1.78. The Labute approximate surface area is 125 Å². The summed E-state index contributed by atoms with van der Waals surface area (Å²) in [7, 11) is 0. The number of rotatable bonds is 5. The topological polar surface area (TPSA) is 80.5 Å². The Morgan fingerprint density at radius 3 is 2.81 bits per heavy atom. The van der Waals surface area contributed by atoms with Crippen LogP contribution in [0.3, 0.4) is 0 Å². The molecule has 6 nitrogen and oxygen atoms in total. The van der Waals surface area contributed by atoms with E-state index in [2.05, 4.69) is 21.6 Å². The molecule has 3 aromatic rings. The van der Waals surface area contributed by atoms with Crippen LogP contribution in [0.2, 0.25) is 0 Å². The van der Waals surface area contributed by atoms with Crippen molar-refractivity contribution in [3.8, 4) is 6.07 Å². The molecule has 2 aromatic heterocycles. The van der Waals surface area contributed by atoms with Gasteiger partial charge in [0.25, 0.3) is 0 Å². The van der Waals surface area contributed by atoms with E-state index in [0.29, 0.717) is 12.1 Å². The van der Waals surface area contributed by atoms with Gasteiger partial charge in [-0.1, -0.05) is 23.9 Å². The molecule has 2 heterocycles. The molecule has 0 N–H and O–H groups in total. The molecule has 0 amide bonds. The van der Waals surface area contributed by atoms with Gasteiger partial charge in [-0.3, -0.25) is 0 Å². The van der Waals surface area contributed by atoms with Crippen molar-refractivity contribution in [1.82, 2.24) is 20.2 Å². The zero-order chi connectivity index (χ0) is 14.5. The van der Waals surface area contributed by atoms with E-state index < -0.39 is 0 Å². The molecule has 0 aliphatic heterocycles. The molecule has 3 rings (SSSR count). The van der Waals surface area contributed by atoms with Gasteiger partial charge in [0.2, 0.25) is 5.16 Å². The Morgan fingerprint density at radius 2 is 2.10 bits per heavy atom. The fourth-order valence-electron chi connectivity index (χ4n) is 1.77. The fourth-order valence-corrected chi connectivity index (χ4v) is 2.61. The van der Waals surface area contributed by atoms with E-state index in [4.69, 9.17) is 9.68 Å². The van der Waals surface area contributed by atoms with Crippen molar-refractivity contribution in [3.63, 3.8) is 0 Å². The third kappa shape index (κ3) is 3.30. The van der Waals surface area contributed by atoms with Gasteiger partial charge in [0, 0.05) is 5.75 Å². The summed E-state index contributed by atoms with van der Waals surface area (Å²) in [6.07, 6.45) is 1.63. The lowest BCUT2D eigenvalue weighted by molar-refractivity contribution is 0.462. The number of aromatic nitrogens is 4. The van der Waals surface area contributed by atoms with Crippen LogP contribution >= 0.6 is 11.8 Å². The van der Waals surface area contributed by atoms with Gasteiger partial charge in [-0.15, -0.1) is 5.10 Å². The van der Waals surface area contributed by atoms with Gasteiger partial charge in [-0.05, 0) is 40.3 Å². The summed E-state index contributed by atoms with van der Waals surface area (Å²) >= 11 is 1.54. The van der Waals surface area contributed by atoms with Crippen molar-refractivity contribution >= 4 is 11.8 Å².